The van der Waals surface area contributed by atoms with E-state index < -0.39 is 5.97 Å². The first-order chi connectivity index (χ1) is 17.4. The van der Waals surface area contributed by atoms with Gasteiger partial charge in [0.25, 0.3) is 5.88 Å². The molecule has 9 nitrogen and oxygen atoms in total. The van der Waals surface area contributed by atoms with Gasteiger partial charge in [0, 0.05) is 26.1 Å². The molecular weight excluding hydrogens is 456 g/mol. The van der Waals surface area contributed by atoms with E-state index in [2.05, 4.69) is 27.3 Å². The van der Waals surface area contributed by atoms with Gasteiger partial charge in [0.2, 0.25) is 0 Å². The highest BCUT2D eigenvalue weighted by Gasteiger charge is 2.20. The van der Waals surface area contributed by atoms with E-state index in [1.54, 1.807) is 12.1 Å². The third-order valence-corrected chi connectivity index (χ3v) is 6.10. The van der Waals surface area contributed by atoms with Crippen LogP contribution in [0.2, 0.25) is 0 Å². The van der Waals surface area contributed by atoms with Crippen LogP contribution in [-0.2, 0) is 13.0 Å². The van der Waals surface area contributed by atoms with Crippen LogP contribution in [0.25, 0.3) is 22.2 Å². The van der Waals surface area contributed by atoms with Crippen molar-refractivity contribution in [2.45, 2.75) is 32.7 Å². The predicted octanol–water partition coefficient (Wildman–Crippen LogP) is 4.26. The maximum Gasteiger partial charge on any atom is 0.336 e. The summed E-state index contributed by atoms with van der Waals surface area (Å²) in [5.74, 6) is 0.326. The number of unbranched alkanes of at least 4 members (excludes halogenated alkanes) is 1. The van der Waals surface area contributed by atoms with Crippen molar-refractivity contribution >= 4 is 22.8 Å². The van der Waals surface area contributed by atoms with Crippen LogP contribution in [-0.4, -0.2) is 68.0 Å². The average molecular weight is 489 g/mol. The van der Waals surface area contributed by atoms with Crippen molar-refractivity contribution in [3.05, 3.63) is 65.5 Å². The number of hydrogen-bond acceptors (Lipinski definition) is 7. The highest BCUT2D eigenvalue weighted by atomic mass is 16.4. The Morgan fingerprint density at radius 3 is 2.53 bits per heavy atom. The molecule has 0 aliphatic heterocycles. The zero-order chi connectivity index (χ0) is 25.7. The van der Waals surface area contributed by atoms with Gasteiger partial charge >= 0.3 is 5.97 Å². The number of anilines is 1. The van der Waals surface area contributed by atoms with E-state index in [9.17, 15) is 15.0 Å². The summed E-state index contributed by atoms with van der Waals surface area (Å²) in [6.07, 6.45) is 2.77. The zero-order valence-corrected chi connectivity index (χ0v) is 20.9. The molecule has 2 heterocycles. The normalized spacial score (nSPS) is 11.3. The lowest BCUT2D eigenvalue weighted by atomic mass is 9.99. The van der Waals surface area contributed by atoms with Gasteiger partial charge in [-0.3, -0.25) is 0 Å². The third-order valence-electron chi connectivity index (χ3n) is 6.10. The van der Waals surface area contributed by atoms with Crippen LogP contribution in [0.5, 0.6) is 5.88 Å². The first kappa shape index (κ1) is 25.1. The van der Waals surface area contributed by atoms with E-state index in [-0.39, 0.29) is 11.4 Å². The number of carbonyl (C=O) groups is 1. The van der Waals surface area contributed by atoms with Crippen LogP contribution < -0.4 is 5.32 Å². The largest absolute Gasteiger partial charge is 0.491 e. The molecule has 0 saturated heterocycles. The molecule has 0 fully saturated rings. The van der Waals surface area contributed by atoms with Gasteiger partial charge in [0.1, 0.15) is 16.9 Å². The monoisotopic (exact) mass is 488 g/mol. The van der Waals surface area contributed by atoms with Crippen LogP contribution in [0.4, 0.5) is 5.82 Å². The molecule has 0 radical (unpaired) electrons. The Morgan fingerprint density at radius 2 is 1.83 bits per heavy atom. The second-order valence-electron chi connectivity index (χ2n) is 9.06. The maximum absolute atomic E-state index is 11.6. The van der Waals surface area contributed by atoms with Gasteiger partial charge in [-0.25, -0.2) is 9.78 Å². The fraction of sp³-hybridized carbons (Fsp3) is 0.333. The molecule has 3 N–H and O–H groups in total. The molecule has 0 unspecified atom stereocenters. The minimum atomic E-state index is -0.952. The van der Waals surface area contributed by atoms with Crippen LogP contribution in [0, 0.1) is 0 Å². The number of aromatic carboxylic acids is 1. The van der Waals surface area contributed by atoms with Gasteiger partial charge in [0.05, 0.1) is 5.56 Å². The summed E-state index contributed by atoms with van der Waals surface area (Å²) < 4.78 is 2.01. The van der Waals surface area contributed by atoms with Gasteiger partial charge in [-0.2, -0.15) is 0 Å². The minimum absolute atomic E-state index is 0.148. The van der Waals surface area contributed by atoms with Crippen molar-refractivity contribution < 1.29 is 15.0 Å². The fourth-order valence-electron chi connectivity index (χ4n) is 4.19. The first-order valence-electron chi connectivity index (χ1n) is 12.1. The number of aromatic hydroxyl groups is 1. The molecule has 9 heteroatoms. The Hall–Kier alpha value is -3.98. The molecule has 4 rings (SSSR count). The lowest BCUT2D eigenvalue weighted by Crippen LogP contribution is -2.21. The number of benzene rings is 2. The van der Waals surface area contributed by atoms with Crippen LogP contribution in [0.3, 0.4) is 0 Å². The van der Waals surface area contributed by atoms with Crippen molar-refractivity contribution in [2.75, 3.05) is 32.5 Å². The highest BCUT2D eigenvalue weighted by molar-refractivity contribution is 5.96. The van der Waals surface area contributed by atoms with Gasteiger partial charge in [0.15, 0.2) is 5.82 Å². The molecule has 36 heavy (non-hydrogen) atoms. The van der Waals surface area contributed by atoms with Gasteiger partial charge in [-0.15, -0.1) is 10.2 Å². The standard InChI is InChI=1S/C27H32N6O3/c1-4-5-10-22-29-23-24(26(34)31-30-25(23)28-15-16-32(2)3)33(22)17-18-11-13-19(14-12-18)20-8-6-7-9-21(20)27(35)36/h6-9,11-14H,4-5,10,15-17H2,1-3H3,(H,28,30)(H,31,34)(H,35,36). The number of nitrogens with zero attached hydrogens (tertiary/aromatic N) is 5. The summed E-state index contributed by atoms with van der Waals surface area (Å²) in [5, 5.41) is 31.6. The molecule has 0 amide bonds. The smallest absolute Gasteiger partial charge is 0.336 e. The summed E-state index contributed by atoms with van der Waals surface area (Å²) in [4.78, 5) is 18.6. The first-order valence-corrected chi connectivity index (χ1v) is 12.1. The topological polar surface area (TPSA) is 116 Å². The van der Waals surface area contributed by atoms with Crippen LogP contribution in [0.15, 0.2) is 48.5 Å². The molecule has 0 bridgehead atoms. The van der Waals surface area contributed by atoms with Crippen LogP contribution in [0.1, 0.15) is 41.5 Å². The summed E-state index contributed by atoms with van der Waals surface area (Å²) in [6.45, 7) is 4.13. The SMILES string of the molecule is CCCCc1nc2c(NCCN(C)C)nnc(O)c2n1Cc1ccc(-c2ccccc2C(=O)O)cc1. The van der Waals surface area contributed by atoms with Crippen molar-refractivity contribution in [3.63, 3.8) is 0 Å². The van der Waals surface area contributed by atoms with E-state index in [0.717, 1.165) is 42.8 Å². The van der Waals surface area contributed by atoms with Gasteiger partial charge in [-0.05, 0) is 43.3 Å². The molecule has 0 aliphatic rings. The lowest BCUT2D eigenvalue weighted by Gasteiger charge is -2.12. The van der Waals surface area contributed by atoms with Gasteiger partial charge in [-0.1, -0.05) is 55.8 Å². The van der Waals surface area contributed by atoms with E-state index in [4.69, 9.17) is 4.98 Å². The lowest BCUT2D eigenvalue weighted by molar-refractivity contribution is 0.0697. The van der Waals surface area contributed by atoms with E-state index >= 15 is 0 Å². The van der Waals surface area contributed by atoms with Crippen molar-refractivity contribution in [3.8, 4) is 17.0 Å². The van der Waals surface area contributed by atoms with Gasteiger partial charge < -0.3 is 25.0 Å². The number of aromatic nitrogens is 4. The van der Waals surface area contributed by atoms with Crippen LogP contribution >= 0.6 is 0 Å². The van der Waals surface area contributed by atoms with Crippen molar-refractivity contribution in [2.24, 2.45) is 0 Å². The molecular formula is C27H32N6O3. The predicted molar refractivity (Wildman–Crippen MR) is 141 cm³/mol. The number of hydrogen-bond donors (Lipinski definition) is 3. The summed E-state index contributed by atoms with van der Waals surface area (Å²) in [5.41, 5.74) is 3.95. The Balaban J connectivity index is 1.69. The molecule has 2 aromatic carbocycles. The number of carboxylic acids is 1. The number of carboxylic acid groups (broad SMARTS) is 1. The summed E-state index contributed by atoms with van der Waals surface area (Å²) >= 11 is 0. The Morgan fingerprint density at radius 1 is 1.08 bits per heavy atom. The van der Waals surface area contributed by atoms with E-state index in [1.165, 1.54) is 0 Å². The quantitative estimate of drug-likeness (QED) is 0.287. The number of likely N-dealkylation sites (N-methyl/N-ethyl adjacent to an activating group) is 1. The molecule has 188 valence electrons. The number of imidazole rings is 1. The number of rotatable bonds is 11. The highest BCUT2D eigenvalue weighted by Crippen LogP contribution is 2.30. The van der Waals surface area contributed by atoms with Crippen molar-refractivity contribution in [1.29, 1.82) is 0 Å². The Bertz CT molecular complexity index is 1350. The Labute approximate surface area is 210 Å². The van der Waals surface area contributed by atoms with E-state index in [0.29, 0.717) is 35.5 Å². The fourth-order valence-corrected chi connectivity index (χ4v) is 4.19. The Kier molecular flexibility index (Phi) is 7.80. The molecule has 4 aromatic rings. The second-order valence-corrected chi connectivity index (χ2v) is 9.06. The maximum atomic E-state index is 11.6. The number of nitrogens with one attached hydrogen (secondary N) is 1. The summed E-state index contributed by atoms with van der Waals surface area (Å²) in [7, 11) is 4.01. The molecule has 0 saturated carbocycles. The molecule has 0 atom stereocenters. The average Bonchev–Trinajstić information content (AvgIpc) is 3.23. The number of aryl methyl sites for hydroxylation is 1. The second kappa shape index (κ2) is 11.2. The van der Waals surface area contributed by atoms with Crippen molar-refractivity contribution in [1.82, 2.24) is 24.6 Å². The third kappa shape index (κ3) is 5.46. The molecule has 0 aliphatic carbocycles. The number of fused-ring (bicyclic) bond motifs is 1. The molecule has 2 aromatic heterocycles. The van der Waals surface area contributed by atoms with E-state index in [1.807, 2.05) is 55.1 Å². The zero-order valence-electron chi connectivity index (χ0n) is 20.9. The molecule has 0 spiro atoms. The minimum Gasteiger partial charge on any atom is -0.491 e. The summed E-state index contributed by atoms with van der Waals surface area (Å²) in [6, 6.07) is 14.8.